The number of hydrogen-bond acceptors (Lipinski definition) is 6. The van der Waals surface area contributed by atoms with Gasteiger partial charge in [-0.3, -0.25) is 14.5 Å². The lowest BCUT2D eigenvalue weighted by Gasteiger charge is -2.25. The van der Waals surface area contributed by atoms with Gasteiger partial charge in [-0.1, -0.05) is 60.7 Å². The summed E-state index contributed by atoms with van der Waals surface area (Å²) in [5, 5.41) is 10.9. The van der Waals surface area contributed by atoms with Crippen molar-refractivity contribution in [3.05, 3.63) is 102 Å². The van der Waals surface area contributed by atoms with Crippen LogP contribution in [0.15, 0.2) is 95.4 Å². The van der Waals surface area contributed by atoms with Crippen LogP contribution in [0, 0.1) is 0 Å². The topological polar surface area (TPSA) is 115 Å². The standard InChI is InChI=1S/C23H17NO6S/c25-21(16-9-5-2-6-10-16)19-20(15-7-3-1-4-8-15)24(23(27)22(19)26)17-11-13-18(14-12-17)31(28,29)30/h1-14,20,25H,(H,28,29,30)/p-1/b21-19+. The van der Waals surface area contributed by atoms with Gasteiger partial charge in [-0.25, -0.2) is 8.42 Å². The molecule has 4 rings (SSSR count). The second kappa shape index (κ2) is 7.82. The summed E-state index contributed by atoms with van der Waals surface area (Å²) in [4.78, 5) is 26.7. The lowest BCUT2D eigenvalue weighted by atomic mass is 9.95. The van der Waals surface area contributed by atoms with Gasteiger partial charge in [-0.2, -0.15) is 0 Å². The maximum absolute atomic E-state index is 13.0. The van der Waals surface area contributed by atoms with Crippen LogP contribution >= 0.6 is 0 Å². The molecule has 3 aromatic rings. The molecule has 0 spiro atoms. The van der Waals surface area contributed by atoms with E-state index in [1.165, 1.54) is 17.0 Å². The highest BCUT2D eigenvalue weighted by molar-refractivity contribution is 7.85. The van der Waals surface area contributed by atoms with Gasteiger partial charge < -0.3 is 9.66 Å². The Morgan fingerprint density at radius 3 is 1.94 bits per heavy atom. The molecule has 1 N–H and O–H groups in total. The number of benzene rings is 3. The third-order valence-corrected chi connectivity index (χ3v) is 5.86. The van der Waals surface area contributed by atoms with Crippen LogP contribution in [0.2, 0.25) is 0 Å². The SMILES string of the molecule is O=C1C(=O)N(c2ccc(S(=O)(=O)[O-])cc2)C(c2ccccc2)/C1=C(\O)c1ccccc1. The summed E-state index contributed by atoms with van der Waals surface area (Å²) in [6.07, 6.45) is 0. The second-order valence-electron chi connectivity index (χ2n) is 6.89. The van der Waals surface area contributed by atoms with E-state index in [0.717, 1.165) is 12.1 Å². The van der Waals surface area contributed by atoms with Crippen molar-refractivity contribution >= 4 is 33.3 Å². The molecule has 1 unspecified atom stereocenters. The number of amides is 1. The first kappa shape index (κ1) is 20.5. The minimum Gasteiger partial charge on any atom is -0.744 e. The van der Waals surface area contributed by atoms with Crippen LogP contribution in [0.4, 0.5) is 5.69 Å². The van der Waals surface area contributed by atoms with Crippen molar-refractivity contribution in [2.45, 2.75) is 10.9 Å². The molecule has 0 aliphatic carbocycles. The van der Waals surface area contributed by atoms with E-state index in [-0.39, 0.29) is 17.0 Å². The summed E-state index contributed by atoms with van der Waals surface area (Å²) in [6, 6.07) is 20.9. The molecule has 0 bridgehead atoms. The summed E-state index contributed by atoms with van der Waals surface area (Å²) >= 11 is 0. The molecular formula is C23H16NO6S-. The van der Waals surface area contributed by atoms with Crippen molar-refractivity contribution in [3.8, 4) is 0 Å². The van der Waals surface area contributed by atoms with Crippen molar-refractivity contribution in [2.24, 2.45) is 0 Å². The van der Waals surface area contributed by atoms with Crippen LogP contribution in [0.3, 0.4) is 0 Å². The number of carbonyl (C=O) groups is 2. The highest BCUT2D eigenvalue weighted by atomic mass is 32.2. The zero-order chi connectivity index (χ0) is 22.2. The van der Waals surface area contributed by atoms with Crippen LogP contribution in [-0.4, -0.2) is 29.8 Å². The van der Waals surface area contributed by atoms with Gasteiger partial charge in [0.05, 0.1) is 16.5 Å². The van der Waals surface area contributed by atoms with Gasteiger partial charge in [0.2, 0.25) is 0 Å². The van der Waals surface area contributed by atoms with Crippen molar-refractivity contribution < 1.29 is 27.7 Å². The summed E-state index contributed by atoms with van der Waals surface area (Å²) in [5.74, 6) is -2.05. The van der Waals surface area contributed by atoms with Gasteiger partial charge in [-0.05, 0) is 29.8 Å². The Morgan fingerprint density at radius 2 is 1.39 bits per heavy atom. The number of carbonyl (C=O) groups excluding carboxylic acids is 2. The molecule has 1 aliphatic heterocycles. The molecule has 1 fully saturated rings. The van der Waals surface area contributed by atoms with Crippen LogP contribution < -0.4 is 4.90 Å². The molecule has 8 heteroatoms. The van der Waals surface area contributed by atoms with E-state index >= 15 is 0 Å². The molecule has 31 heavy (non-hydrogen) atoms. The minimum atomic E-state index is -4.66. The summed E-state index contributed by atoms with van der Waals surface area (Å²) in [6.45, 7) is 0. The molecule has 0 aromatic heterocycles. The molecule has 1 saturated heterocycles. The van der Waals surface area contributed by atoms with Crippen LogP contribution in [0.1, 0.15) is 17.2 Å². The first-order valence-corrected chi connectivity index (χ1v) is 10.7. The first-order chi connectivity index (χ1) is 14.8. The molecule has 0 saturated carbocycles. The number of aliphatic hydroxyl groups is 1. The molecule has 1 atom stereocenters. The maximum Gasteiger partial charge on any atom is 0.300 e. The Balaban J connectivity index is 1.91. The normalized spacial score (nSPS) is 18.4. The van der Waals surface area contributed by atoms with E-state index in [2.05, 4.69) is 0 Å². The number of nitrogens with zero attached hydrogens (tertiary/aromatic N) is 1. The quantitative estimate of drug-likeness (QED) is 0.292. The Bertz CT molecular complexity index is 1280. The van der Waals surface area contributed by atoms with Gasteiger partial charge in [0.25, 0.3) is 11.7 Å². The van der Waals surface area contributed by atoms with E-state index in [9.17, 15) is 27.7 Å². The molecular weight excluding hydrogens is 418 g/mol. The maximum atomic E-state index is 13.0. The van der Waals surface area contributed by atoms with E-state index < -0.39 is 32.7 Å². The van der Waals surface area contributed by atoms with E-state index in [4.69, 9.17) is 0 Å². The molecule has 156 valence electrons. The van der Waals surface area contributed by atoms with E-state index in [1.807, 2.05) is 0 Å². The van der Waals surface area contributed by atoms with Gasteiger partial charge in [0.1, 0.15) is 15.9 Å². The summed E-state index contributed by atoms with van der Waals surface area (Å²) in [7, 11) is -4.66. The fourth-order valence-corrected chi connectivity index (χ4v) is 4.04. The first-order valence-electron chi connectivity index (χ1n) is 9.26. The van der Waals surface area contributed by atoms with Gasteiger partial charge in [0.15, 0.2) is 0 Å². The molecule has 3 aromatic carbocycles. The zero-order valence-electron chi connectivity index (χ0n) is 16.0. The van der Waals surface area contributed by atoms with E-state index in [1.54, 1.807) is 60.7 Å². The Kier molecular flexibility index (Phi) is 5.18. The zero-order valence-corrected chi connectivity index (χ0v) is 16.8. The summed E-state index contributed by atoms with van der Waals surface area (Å²) in [5.41, 5.74) is 1.10. The minimum absolute atomic E-state index is 0.0806. The van der Waals surface area contributed by atoms with E-state index in [0.29, 0.717) is 11.1 Å². The van der Waals surface area contributed by atoms with Crippen LogP contribution in [0.5, 0.6) is 0 Å². The molecule has 0 radical (unpaired) electrons. The number of ketones is 1. The predicted molar refractivity (Wildman–Crippen MR) is 112 cm³/mol. The van der Waals surface area contributed by atoms with Crippen molar-refractivity contribution in [3.63, 3.8) is 0 Å². The number of rotatable bonds is 4. The van der Waals surface area contributed by atoms with Gasteiger partial charge in [-0.15, -0.1) is 0 Å². The lowest BCUT2D eigenvalue weighted by Crippen LogP contribution is -2.29. The van der Waals surface area contributed by atoms with Gasteiger partial charge >= 0.3 is 0 Å². The third-order valence-electron chi connectivity index (χ3n) is 5.01. The lowest BCUT2D eigenvalue weighted by molar-refractivity contribution is -0.132. The number of aliphatic hydroxyl groups excluding tert-OH is 1. The monoisotopic (exact) mass is 434 g/mol. The number of hydrogen-bond donors (Lipinski definition) is 1. The predicted octanol–water partition coefficient (Wildman–Crippen LogP) is 3.22. The fourth-order valence-electron chi connectivity index (χ4n) is 3.57. The average Bonchev–Trinajstić information content (AvgIpc) is 3.04. The van der Waals surface area contributed by atoms with Crippen LogP contribution in [-0.2, 0) is 19.7 Å². The largest absolute Gasteiger partial charge is 0.744 e. The molecule has 1 amide bonds. The summed E-state index contributed by atoms with van der Waals surface area (Å²) < 4.78 is 33.7. The highest BCUT2D eigenvalue weighted by Gasteiger charge is 2.46. The molecule has 7 nitrogen and oxygen atoms in total. The smallest absolute Gasteiger partial charge is 0.300 e. The average molecular weight is 434 g/mol. The molecule has 1 aliphatic rings. The van der Waals surface area contributed by atoms with Crippen molar-refractivity contribution in [2.75, 3.05) is 4.90 Å². The Hall–Kier alpha value is -3.75. The van der Waals surface area contributed by atoms with Crippen molar-refractivity contribution in [1.29, 1.82) is 0 Å². The molecule has 1 heterocycles. The van der Waals surface area contributed by atoms with Crippen LogP contribution in [0.25, 0.3) is 5.76 Å². The fraction of sp³-hybridized carbons (Fsp3) is 0.0435. The highest BCUT2D eigenvalue weighted by Crippen LogP contribution is 2.42. The van der Waals surface area contributed by atoms with Crippen molar-refractivity contribution in [1.82, 2.24) is 0 Å². The number of anilines is 1. The number of Topliss-reactive ketones (excluding diaryl/α,β-unsaturated/α-hetero) is 1. The van der Waals surface area contributed by atoms with Gasteiger partial charge in [0, 0.05) is 11.3 Å². The Morgan fingerprint density at radius 1 is 0.839 bits per heavy atom. The Labute approximate surface area is 178 Å². The second-order valence-corrected chi connectivity index (χ2v) is 8.27. The third kappa shape index (κ3) is 3.74.